The van der Waals surface area contributed by atoms with Gasteiger partial charge in [-0.1, -0.05) is 44.2 Å². The van der Waals surface area contributed by atoms with Crippen molar-refractivity contribution in [2.45, 2.75) is 63.3 Å². The predicted molar refractivity (Wildman–Crippen MR) is 149 cm³/mol. The van der Waals surface area contributed by atoms with Crippen LogP contribution in [0.25, 0.3) is 0 Å². The fourth-order valence-electron chi connectivity index (χ4n) is 4.69. The number of rotatable bonds is 14. The quantitative estimate of drug-likeness (QED) is 0.132. The van der Waals surface area contributed by atoms with E-state index < -0.39 is 46.2 Å². The maximum Gasteiger partial charge on any atom is 0.519 e. The van der Waals surface area contributed by atoms with Crippen molar-refractivity contribution in [2.24, 2.45) is 0 Å². The van der Waals surface area contributed by atoms with Crippen LogP contribution in [0.1, 0.15) is 55.3 Å². The largest absolute Gasteiger partial charge is 0.519 e. The van der Waals surface area contributed by atoms with Crippen LogP contribution in [0.4, 0.5) is 0 Å². The van der Waals surface area contributed by atoms with E-state index in [2.05, 4.69) is 0 Å². The van der Waals surface area contributed by atoms with Gasteiger partial charge in [-0.3, -0.25) is 4.55 Å². The molecule has 2 aromatic heterocycles. The number of hydrogen-bond donors (Lipinski definition) is 1. The lowest BCUT2D eigenvalue weighted by atomic mass is 10.1. The van der Waals surface area contributed by atoms with Gasteiger partial charge in [-0.2, -0.15) is 8.42 Å². The summed E-state index contributed by atoms with van der Waals surface area (Å²) in [7, 11) is -8.95. The summed E-state index contributed by atoms with van der Waals surface area (Å²) in [5.41, 5.74) is 0.838. The highest BCUT2D eigenvalue weighted by Crippen LogP contribution is 2.60. The highest BCUT2D eigenvalue weighted by molar-refractivity contribution is 7.95. The van der Waals surface area contributed by atoms with Gasteiger partial charge in [0.15, 0.2) is 11.5 Å². The Bertz CT molecular complexity index is 1670. The van der Waals surface area contributed by atoms with E-state index in [-0.39, 0.29) is 48.7 Å². The molecule has 11 nitrogen and oxygen atoms in total. The fraction of sp³-hybridized carbons (Fsp3) is 0.357. The smallest absolute Gasteiger partial charge is 0.457 e. The summed E-state index contributed by atoms with van der Waals surface area (Å²) in [5.74, 6) is -0.718. The Balaban J connectivity index is 1.61. The Morgan fingerprint density at radius 1 is 0.805 bits per heavy atom. The first-order valence-electron chi connectivity index (χ1n) is 13.1. The number of hydrogen-bond acceptors (Lipinski definition) is 10. The van der Waals surface area contributed by atoms with E-state index in [0.29, 0.717) is 17.9 Å². The molecule has 4 rings (SSSR count). The number of aryl methyl sites for hydroxylation is 3. The lowest BCUT2D eigenvalue weighted by Gasteiger charge is -2.24. The molecule has 0 aliphatic rings. The minimum Gasteiger partial charge on any atom is -0.457 e. The summed E-state index contributed by atoms with van der Waals surface area (Å²) < 4.78 is 76.4. The van der Waals surface area contributed by atoms with Gasteiger partial charge >= 0.3 is 11.6 Å². The van der Waals surface area contributed by atoms with Crippen molar-refractivity contribution in [1.29, 1.82) is 0 Å². The molecule has 0 aliphatic carbocycles. The van der Waals surface area contributed by atoms with Crippen molar-refractivity contribution >= 4 is 17.3 Å². The Hall–Kier alpha value is -3.60. The van der Waals surface area contributed by atoms with E-state index >= 15 is 0 Å². The molecular weight excluding hydrogens is 575 g/mol. The molecule has 220 valence electrons. The monoisotopic (exact) mass is 606 g/mol. The maximum atomic E-state index is 14.6. The standard InChI is InChI=1S/C28H31O11PS/c1-3-22-24(38-27(29)36-22)17-40(31,18-25-23(4-2)37-28(30)39-25)26(41(32,33)34)15-9-11-19-10-8-14-21(16-19)35-20-12-6-5-7-13-20/h5-8,10,12-14,16,26H,3-4,9,11,15,17-18H2,1-2H3,(H,32,33,34)/t26-/m0/s1. The van der Waals surface area contributed by atoms with E-state index in [1.54, 1.807) is 26.0 Å². The fourth-order valence-corrected chi connectivity index (χ4v) is 10.2. The first kappa shape index (κ1) is 30.4. The van der Waals surface area contributed by atoms with Gasteiger partial charge in [-0.05, 0) is 49.1 Å². The van der Waals surface area contributed by atoms with Gasteiger partial charge in [0.25, 0.3) is 10.1 Å². The third-order valence-electron chi connectivity index (χ3n) is 6.58. The molecule has 4 aromatic rings. The Morgan fingerprint density at radius 3 is 1.88 bits per heavy atom. The van der Waals surface area contributed by atoms with Crippen molar-refractivity contribution < 1.29 is 39.9 Å². The zero-order chi connectivity index (χ0) is 29.6. The molecule has 0 bridgehead atoms. The summed E-state index contributed by atoms with van der Waals surface area (Å²) in [5, 5.41) is 0. The SMILES string of the molecule is CCc1oc(=O)oc1CP(=O)(Cc1oc(=O)oc1CC)[C@H](CCCc1cccc(Oc2ccccc2)c1)S(=O)(=O)O. The van der Waals surface area contributed by atoms with E-state index in [9.17, 15) is 27.1 Å². The highest BCUT2D eigenvalue weighted by atomic mass is 32.2. The molecule has 0 amide bonds. The van der Waals surface area contributed by atoms with Crippen LogP contribution in [0.15, 0.2) is 81.9 Å². The van der Waals surface area contributed by atoms with Crippen LogP contribution in [-0.2, 0) is 46.3 Å². The van der Waals surface area contributed by atoms with Gasteiger partial charge in [-0.25, -0.2) is 9.59 Å². The molecule has 2 heterocycles. The van der Waals surface area contributed by atoms with Gasteiger partial charge in [0.2, 0.25) is 0 Å². The molecular formula is C28H31O11PS. The molecule has 0 saturated heterocycles. The van der Waals surface area contributed by atoms with Crippen LogP contribution >= 0.6 is 7.14 Å². The van der Waals surface area contributed by atoms with E-state index in [1.807, 2.05) is 42.5 Å². The summed E-state index contributed by atoms with van der Waals surface area (Å²) in [6.07, 6.45) is -0.141. The van der Waals surface area contributed by atoms with Crippen molar-refractivity contribution in [2.75, 3.05) is 0 Å². The van der Waals surface area contributed by atoms with Gasteiger partial charge in [0.05, 0.1) is 12.3 Å². The molecule has 1 N–H and O–H groups in total. The van der Waals surface area contributed by atoms with E-state index in [0.717, 1.165) is 5.56 Å². The number of ether oxygens (including phenoxy) is 1. The minimum atomic E-state index is -4.88. The second-order valence-corrected chi connectivity index (χ2v) is 14.6. The van der Waals surface area contributed by atoms with Crippen molar-refractivity contribution in [3.8, 4) is 11.5 Å². The second-order valence-electron chi connectivity index (χ2n) is 9.50. The van der Waals surface area contributed by atoms with E-state index in [1.165, 1.54) is 0 Å². The Labute approximate surface area is 236 Å². The summed E-state index contributed by atoms with van der Waals surface area (Å²) >= 11 is 0. The molecule has 41 heavy (non-hydrogen) atoms. The predicted octanol–water partition coefficient (Wildman–Crippen LogP) is 6.00. The molecule has 0 saturated carbocycles. The zero-order valence-electron chi connectivity index (χ0n) is 22.6. The number of benzene rings is 2. The molecule has 13 heteroatoms. The van der Waals surface area contributed by atoms with Crippen molar-refractivity contribution in [3.63, 3.8) is 0 Å². The average Bonchev–Trinajstić information content (AvgIpc) is 3.46. The first-order chi connectivity index (χ1) is 19.5. The lowest BCUT2D eigenvalue weighted by Crippen LogP contribution is -2.23. The summed E-state index contributed by atoms with van der Waals surface area (Å²) in [4.78, 5) is 21.8. The zero-order valence-corrected chi connectivity index (χ0v) is 24.3. The highest BCUT2D eigenvalue weighted by Gasteiger charge is 2.44. The Kier molecular flexibility index (Phi) is 9.57. The van der Waals surface area contributed by atoms with Gasteiger partial charge < -0.3 is 27.0 Å². The molecule has 2 aromatic carbocycles. The summed E-state index contributed by atoms with van der Waals surface area (Å²) in [6.45, 7) is 3.37. The van der Waals surface area contributed by atoms with Gasteiger partial charge in [0, 0.05) is 12.8 Å². The van der Waals surface area contributed by atoms with Crippen LogP contribution < -0.4 is 16.4 Å². The average molecular weight is 607 g/mol. The molecule has 1 atom stereocenters. The maximum absolute atomic E-state index is 14.6. The second kappa shape index (κ2) is 12.9. The van der Waals surface area contributed by atoms with Crippen LogP contribution in [-0.4, -0.2) is 18.0 Å². The molecule has 0 spiro atoms. The van der Waals surface area contributed by atoms with Crippen LogP contribution in [0.3, 0.4) is 0 Å². The molecule has 0 unspecified atom stereocenters. The van der Waals surface area contributed by atoms with Crippen LogP contribution in [0.2, 0.25) is 0 Å². The van der Waals surface area contributed by atoms with Crippen molar-refractivity contribution in [1.82, 2.24) is 0 Å². The first-order valence-corrected chi connectivity index (χ1v) is 16.7. The third kappa shape index (κ3) is 7.78. The van der Waals surface area contributed by atoms with Gasteiger partial charge in [0.1, 0.15) is 35.2 Å². The van der Waals surface area contributed by atoms with E-state index in [4.69, 9.17) is 22.4 Å². The molecule has 0 radical (unpaired) electrons. The van der Waals surface area contributed by atoms with Gasteiger partial charge in [-0.15, -0.1) is 0 Å². The molecule has 0 aliphatic heterocycles. The lowest BCUT2D eigenvalue weighted by molar-refractivity contribution is 0.368. The van der Waals surface area contributed by atoms with Crippen molar-refractivity contribution in [3.05, 3.63) is 104 Å². The van der Waals surface area contributed by atoms with Crippen LogP contribution in [0, 0.1) is 0 Å². The van der Waals surface area contributed by atoms with Crippen LogP contribution in [0.5, 0.6) is 11.5 Å². The topological polar surface area (TPSA) is 167 Å². The third-order valence-corrected chi connectivity index (χ3v) is 12.4. The molecule has 0 fully saturated rings. The number of para-hydroxylation sites is 1. The Morgan fingerprint density at radius 2 is 1.34 bits per heavy atom. The summed E-state index contributed by atoms with van der Waals surface area (Å²) in [6, 6.07) is 16.5. The normalized spacial score (nSPS) is 12.9. The minimum absolute atomic E-state index is 0.0795.